The first-order valence-electron chi connectivity index (χ1n) is 9.68. The third kappa shape index (κ3) is 5.65. The quantitative estimate of drug-likeness (QED) is 0.470. The van der Waals surface area contributed by atoms with E-state index >= 15 is 0 Å². The van der Waals surface area contributed by atoms with Crippen LogP contribution in [0, 0.1) is 6.92 Å². The molecule has 0 aliphatic heterocycles. The first kappa shape index (κ1) is 22.8. The topological polar surface area (TPSA) is 75.7 Å². The van der Waals surface area contributed by atoms with Gasteiger partial charge in [0.25, 0.3) is 10.0 Å². The van der Waals surface area contributed by atoms with E-state index in [1.165, 1.54) is 12.1 Å². The van der Waals surface area contributed by atoms with Crippen molar-refractivity contribution in [3.8, 4) is 5.75 Å². The van der Waals surface area contributed by atoms with Crippen LogP contribution in [0.25, 0.3) is 0 Å². The van der Waals surface area contributed by atoms with Crippen molar-refractivity contribution < 1.29 is 17.9 Å². The van der Waals surface area contributed by atoms with E-state index in [0.29, 0.717) is 28.2 Å². The highest BCUT2D eigenvalue weighted by molar-refractivity contribution is 9.10. The van der Waals surface area contributed by atoms with Gasteiger partial charge in [0.15, 0.2) is 0 Å². The summed E-state index contributed by atoms with van der Waals surface area (Å²) in [6.07, 6.45) is 0. The van der Waals surface area contributed by atoms with Crippen molar-refractivity contribution in [2.45, 2.75) is 18.7 Å². The molecule has 6 nitrogen and oxygen atoms in total. The van der Waals surface area contributed by atoms with Gasteiger partial charge in [0.1, 0.15) is 12.3 Å². The van der Waals surface area contributed by atoms with Gasteiger partial charge in [0, 0.05) is 4.47 Å². The number of amides is 1. The van der Waals surface area contributed by atoms with Crippen molar-refractivity contribution in [1.29, 1.82) is 0 Å². The number of halogens is 1. The fourth-order valence-electron chi connectivity index (χ4n) is 2.91. The second kappa shape index (κ2) is 9.98. The van der Waals surface area contributed by atoms with Gasteiger partial charge in [0.05, 0.1) is 22.9 Å². The molecule has 31 heavy (non-hydrogen) atoms. The number of hydrogen-bond acceptors (Lipinski definition) is 4. The molecule has 0 heterocycles. The van der Waals surface area contributed by atoms with Gasteiger partial charge < -0.3 is 10.1 Å². The number of nitrogens with zero attached hydrogens (tertiary/aromatic N) is 1. The van der Waals surface area contributed by atoms with Crippen molar-refractivity contribution in [2.24, 2.45) is 0 Å². The molecule has 0 spiro atoms. The van der Waals surface area contributed by atoms with Crippen LogP contribution < -0.4 is 14.4 Å². The molecule has 3 aromatic rings. The second-order valence-corrected chi connectivity index (χ2v) is 9.50. The van der Waals surface area contributed by atoms with Crippen LogP contribution in [0.15, 0.2) is 82.2 Å². The minimum atomic E-state index is -3.97. The summed E-state index contributed by atoms with van der Waals surface area (Å²) < 4.78 is 34.1. The summed E-state index contributed by atoms with van der Waals surface area (Å²) in [5, 5.41) is 2.76. The predicted molar refractivity (Wildman–Crippen MR) is 126 cm³/mol. The van der Waals surface area contributed by atoms with Crippen LogP contribution in [0.4, 0.5) is 11.4 Å². The highest BCUT2D eigenvalue weighted by Gasteiger charge is 2.27. The molecule has 0 aliphatic rings. The number of carbonyl (C=O) groups excluding carboxylic acids is 1. The number of nitrogens with one attached hydrogen (secondary N) is 1. The van der Waals surface area contributed by atoms with E-state index in [2.05, 4.69) is 21.2 Å². The van der Waals surface area contributed by atoms with Crippen molar-refractivity contribution in [3.63, 3.8) is 0 Å². The third-order valence-corrected chi connectivity index (χ3v) is 6.96. The molecule has 0 unspecified atom stereocenters. The number of rotatable bonds is 8. The van der Waals surface area contributed by atoms with Crippen LogP contribution in [0.3, 0.4) is 0 Å². The van der Waals surface area contributed by atoms with Crippen LogP contribution in [0.2, 0.25) is 0 Å². The fourth-order valence-corrected chi connectivity index (χ4v) is 4.72. The summed E-state index contributed by atoms with van der Waals surface area (Å²) in [6, 6.07) is 20.3. The number of hydrogen-bond donors (Lipinski definition) is 1. The van der Waals surface area contributed by atoms with Crippen molar-refractivity contribution in [3.05, 3.63) is 82.8 Å². The molecule has 0 fully saturated rings. The molecule has 0 saturated carbocycles. The summed E-state index contributed by atoms with van der Waals surface area (Å²) in [6.45, 7) is 3.87. The van der Waals surface area contributed by atoms with Crippen LogP contribution in [0.5, 0.6) is 5.75 Å². The van der Waals surface area contributed by atoms with Gasteiger partial charge in [0.2, 0.25) is 5.91 Å². The van der Waals surface area contributed by atoms with E-state index < -0.39 is 15.9 Å². The monoisotopic (exact) mass is 502 g/mol. The summed E-state index contributed by atoms with van der Waals surface area (Å²) in [7, 11) is -3.97. The lowest BCUT2D eigenvalue weighted by molar-refractivity contribution is -0.114. The molecule has 1 N–H and O–H groups in total. The maximum atomic E-state index is 13.4. The third-order valence-electron chi connectivity index (χ3n) is 4.48. The van der Waals surface area contributed by atoms with Crippen LogP contribution >= 0.6 is 15.9 Å². The van der Waals surface area contributed by atoms with Gasteiger partial charge in [-0.05, 0) is 78.3 Å². The van der Waals surface area contributed by atoms with Gasteiger partial charge >= 0.3 is 0 Å². The normalized spacial score (nSPS) is 11.1. The smallest absolute Gasteiger partial charge is 0.264 e. The number of aryl methyl sites for hydroxylation is 1. The molecular formula is C23H23BrN2O4S. The molecule has 0 atom stereocenters. The second-order valence-electron chi connectivity index (χ2n) is 6.78. The largest absolute Gasteiger partial charge is 0.494 e. The van der Waals surface area contributed by atoms with E-state index in [1.54, 1.807) is 54.6 Å². The minimum Gasteiger partial charge on any atom is -0.494 e. The average Bonchev–Trinajstić information content (AvgIpc) is 2.75. The standard InChI is InChI=1S/C23H23BrN2O4S/c1-3-30-19-12-10-18(11-13-19)26(31(28,29)20-14-8-17(2)9-15-20)16-23(27)25-22-7-5-4-6-21(22)24/h4-15H,3,16H2,1-2H3,(H,25,27). The van der Waals surface area contributed by atoms with E-state index in [9.17, 15) is 13.2 Å². The number of sulfonamides is 1. The molecular weight excluding hydrogens is 480 g/mol. The predicted octanol–water partition coefficient (Wildman–Crippen LogP) is 4.99. The number of carbonyl (C=O) groups is 1. The van der Waals surface area contributed by atoms with Crippen LogP contribution in [0.1, 0.15) is 12.5 Å². The first-order valence-corrected chi connectivity index (χ1v) is 11.9. The molecule has 0 radical (unpaired) electrons. The zero-order valence-corrected chi connectivity index (χ0v) is 19.6. The highest BCUT2D eigenvalue weighted by atomic mass is 79.9. The Morgan fingerprint density at radius 2 is 1.65 bits per heavy atom. The Morgan fingerprint density at radius 3 is 2.26 bits per heavy atom. The first-order chi connectivity index (χ1) is 14.8. The SMILES string of the molecule is CCOc1ccc(N(CC(=O)Nc2ccccc2Br)S(=O)(=O)c2ccc(C)cc2)cc1. The molecule has 0 saturated heterocycles. The fraction of sp³-hybridized carbons (Fsp3) is 0.174. The summed E-state index contributed by atoms with van der Waals surface area (Å²) in [5.74, 6) is 0.160. The highest BCUT2D eigenvalue weighted by Crippen LogP contribution is 2.27. The van der Waals surface area contributed by atoms with Gasteiger partial charge in [-0.3, -0.25) is 9.10 Å². The maximum Gasteiger partial charge on any atom is 0.264 e. The van der Waals surface area contributed by atoms with Crippen LogP contribution in [-0.4, -0.2) is 27.5 Å². The van der Waals surface area contributed by atoms with E-state index in [-0.39, 0.29) is 11.4 Å². The zero-order chi connectivity index (χ0) is 22.4. The lowest BCUT2D eigenvalue weighted by Crippen LogP contribution is -2.38. The van der Waals surface area contributed by atoms with Gasteiger partial charge in [-0.15, -0.1) is 0 Å². The summed E-state index contributed by atoms with van der Waals surface area (Å²) >= 11 is 3.38. The molecule has 0 aromatic heterocycles. The van der Waals surface area contributed by atoms with Gasteiger partial charge in [-0.2, -0.15) is 0 Å². The Morgan fingerprint density at radius 1 is 1.00 bits per heavy atom. The Hall–Kier alpha value is -2.84. The maximum absolute atomic E-state index is 13.4. The molecule has 162 valence electrons. The Bertz CT molecular complexity index is 1150. The van der Waals surface area contributed by atoms with Crippen molar-refractivity contribution in [2.75, 3.05) is 22.8 Å². The van der Waals surface area contributed by atoms with Crippen molar-refractivity contribution >= 4 is 43.2 Å². The molecule has 0 bridgehead atoms. The van der Waals surface area contributed by atoms with E-state index in [4.69, 9.17) is 4.74 Å². The lowest BCUT2D eigenvalue weighted by Gasteiger charge is -2.24. The Balaban J connectivity index is 1.94. The lowest BCUT2D eigenvalue weighted by atomic mass is 10.2. The Labute approximate surface area is 191 Å². The molecule has 3 aromatic carbocycles. The zero-order valence-electron chi connectivity index (χ0n) is 17.2. The number of benzene rings is 3. The van der Waals surface area contributed by atoms with Gasteiger partial charge in [-0.1, -0.05) is 29.8 Å². The molecule has 3 rings (SSSR count). The van der Waals surface area contributed by atoms with E-state index in [0.717, 1.165) is 9.87 Å². The van der Waals surface area contributed by atoms with Crippen LogP contribution in [-0.2, 0) is 14.8 Å². The summed E-state index contributed by atoms with van der Waals surface area (Å²) in [4.78, 5) is 12.9. The molecule has 1 amide bonds. The average molecular weight is 503 g/mol. The van der Waals surface area contributed by atoms with Crippen molar-refractivity contribution in [1.82, 2.24) is 0 Å². The molecule has 0 aliphatic carbocycles. The van der Waals surface area contributed by atoms with E-state index in [1.807, 2.05) is 19.9 Å². The molecule has 8 heteroatoms. The number of anilines is 2. The number of para-hydroxylation sites is 1. The minimum absolute atomic E-state index is 0.112. The van der Waals surface area contributed by atoms with Gasteiger partial charge in [-0.25, -0.2) is 8.42 Å². The Kier molecular flexibility index (Phi) is 7.35. The number of ether oxygens (including phenoxy) is 1. The summed E-state index contributed by atoms with van der Waals surface area (Å²) in [5.41, 5.74) is 1.87.